The number of rotatable bonds is 3. The Bertz CT molecular complexity index is 913. The van der Waals surface area contributed by atoms with Crippen LogP contribution >= 0.6 is 0 Å². The molecule has 1 fully saturated rings. The molecule has 4 rings (SSSR count). The molecule has 0 unspecified atom stereocenters. The molecule has 0 spiro atoms. The van der Waals surface area contributed by atoms with Gasteiger partial charge in [0.1, 0.15) is 11.8 Å². The van der Waals surface area contributed by atoms with E-state index in [2.05, 4.69) is 20.2 Å². The van der Waals surface area contributed by atoms with Crippen molar-refractivity contribution in [1.29, 1.82) is 0 Å². The normalized spacial score (nSPS) is 17.0. The fourth-order valence-electron chi connectivity index (χ4n) is 2.85. The third-order valence-electron chi connectivity index (χ3n) is 4.16. The lowest BCUT2D eigenvalue weighted by atomic mass is 10.3. The van der Waals surface area contributed by atoms with Crippen molar-refractivity contribution in [3.63, 3.8) is 0 Å². The van der Waals surface area contributed by atoms with E-state index in [9.17, 15) is 4.79 Å². The summed E-state index contributed by atoms with van der Waals surface area (Å²) in [6.45, 7) is 3.00. The van der Waals surface area contributed by atoms with E-state index in [1.165, 1.54) is 6.20 Å². The zero-order valence-electron chi connectivity index (χ0n) is 13.8. The van der Waals surface area contributed by atoms with Crippen molar-refractivity contribution in [2.24, 2.45) is 0 Å². The highest BCUT2D eigenvalue weighted by atomic mass is 16.5. The Kier molecular flexibility index (Phi) is 3.97. The second-order valence-electron chi connectivity index (χ2n) is 6.04. The van der Waals surface area contributed by atoms with Gasteiger partial charge in [-0.2, -0.15) is 5.10 Å². The van der Waals surface area contributed by atoms with Crippen LogP contribution in [0, 0.1) is 6.92 Å². The summed E-state index contributed by atoms with van der Waals surface area (Å²) in [5.74, 6) is 0.356. The van der Waals surface area contributed by atoms with E-state index >= 15 is 0 Å². The van der Waals surface area contributed by atoms with Gasteiger partial charge in [-0.05, 0) is 25.1 Å². The quantitative estimate of drug-likeness (QED) is 0.728. The minimum absolute atomic E-state index is 0.0885. The Balaban J connectivity index is 1.45. The number of benzene rings is 1. The highest BCUT2D eigenvalue weighted by molar-refractivity contribution is 5.94. The number of amides is 1. The first-order valence-electron chi connectivity index (χ1n) is 8.17. The summed E-state index contributed by atoms with van der Waals surface area (Å²) >= 11 is 0. The molecule has 1 atom stereocenters. The number of likely N-dealkylation sites (tertiary alicyclic amines) is 1. The number of hydrogen-bond donors (Lipinski definition) is 0. The van der Waals surface area contributed by atoms with Gasteiger partial charge >= 0.3 is 0 Å². The van der Waals surface area contributed by atoms with Crippen molar-refractivity contribution in [1.82, 2.24) is 25.1 Å². The summed E-state index contributed by atoms with van der Waals surface area (Å²) in [5, 5.41) is 7.98. The topological polar surface area (TPSA) is 81.1 Å². The molecule has 3 heterocycles. The molecule has 0 N–H and O–H groups in total. The van der Waals surface area contributed by atoms with Crippen LogP contribution in [0.5, 0.6) is 5.88 Å². The number of aryl methyl sites for hydroxylation is 1. The number of fused-ring (bicyclic) bond motifs is 1. The number of carbonyl (C=O) groups is 1. The van der Waals surface area contributed by atoms with Crippen molar-refractivity contribution >= 4 is 16.9 Å². The molecular weight excluding hydrogens is 318 g/mol. The van der Waals surface area contributed by atoms with Crippen molar-refractivity contribution in [3.05, 3.63) is 54.0 Å². The predicted octanol–water partition coefficient (Wildman–Crippen LogP) is 2.02. The van der Waals surface area contributed by atoms with E-state index in [1.807, 2.05) is 37.3 Å². The van der Waals surface area contributed by atoms with E-state index in [0.717, 1.165) is 23.1 Å². The van der Waals surface area contributed by atoms with Crippen LogP contribution in [0.1, 0.15) is 22.6 Å². The fourth-order valence-corrected chi connectivity index (χ4v) is 2.85. The number of para-hydroxylation sites is 2. The number of aromatic nitrogens is 4. The largest absolute Gasteiger partial charge is 0.471 e. The molecule has 1 saturated heterocycles. The minimum atomic E-state index is -0.126. The molecule has 7 nitrogen and oxygen atoms in total. The van der Waals surface area contributed by atoms with Crippen molar-refractivity contribution in [2.75, 3.05) is 13.1 Å². The summed E-state index contributed by atoms with van der Waals surface area (Å²) in [7, 11) is 0. The Morgan fingerprint density at radius 3 is 2.80 bits per heavy atom. The van der Waals surface area contributed by atoms with Gasteiger partial charge in [-0.25, -0.2) is 4.98 Å². The number of carbonyl (C=O) groups excluding carboxylic acids is 1. The standard InChI is InChI=1S/C18H17N5O2/c1-12-6-7-17(22-21-12)25-13-8-9-23(11-13)18(24)16-10-19-14-4-2-3-5-15(14)20-16/h2-7,10,13H,8-9,11H2,1H3/t13-/m0/s1. The first-order chi connectivity index (χ1) is 12.2. The summed E-state index contributed by atoms with van der Waals surface area (Å²) in [6, 6.07) is 11.2. The van der Waals surface area contributed by atoms with Gasteiger partial charge < -0.3 is 9.64 Å². The highest BCUT2D eigenvalue weighted by Crippen LogP contribution is 2.18. The van der Waals surface area contributed by atoms with Crippen LogP contribution in [0.3, 0.4) is 0 Å². The van der Waals surface area contributed by atoms with E-state index in [0.29, 0.717) is 24.7 Å². The molecule has 0 bridgehead atoms. The zero-order valence-corrected chi connectivity index (χ0v) is 13.8. The molecule has 0 saturated carbocycles. The molecular formula is C18H17N5O2. The molecule has 3 aromatic rings. The summed E-state index contributed by atoms with van der Waals surface area (Å²) < 4.78 is 5.81. The first-order valence-corrected chi connectivity index (χ1v) is 8.17. The SMILES string of the molecule is Cc1ccc(O[C@H]2CCN(C(=O)c3cnc4ccccc4n3)C2)nn1. The van der Waals surface area contributed by atoms with E-state index < -0.39 is 0 Å². The van der Waals surface area contributed by atoms with Gasteiger partial charge in [-0.3, -0.25) is 9.78 Å². The summed E-state index contributed by atoms with van der Waals surface area (Å²) in [5.41, 5.74) is 2.69. The van der Waals surface area contributed by atoms with Crippen LogP contribution in [-0.2, 0) is 0 Å². The lowest BCUT2D eigenvalue weighted by Gasteiger charge is -2.16. The Morgan fingerprint density at radius 1 is 1.16 bits per heavy atom. The first kappa shape index (κ1) is 15.4. The maximum Gasteiger partial charge on any atom is 0.274 e. The van der Waals surface area contributed by atoms with Gasteiger partial charge in [-0.15, -0.1) is 5.10 Å². The Hall–Kier alpha value is -3.09. The molecule has 126 valence electrons. The van der Waals surface area contributed by atoms with Crippen LogP contribution in [0.25, 0.3) is 11.0 Å². The van der Waals surface area contributed by atoms with E-state index in [4.69, 9.17) is 4.74 Å². The maximum atomic E-state index is 12.7. The molecule has 0 radical (unpaired) electrons. The van der Waals surface area contributed by atoms with Crippen molar-refractivity contribution in [2.45, 2.75) is 19.4 Å². The lowest BCUT2D eigenvalue weighted by Crippen LogP contribution is -2.31. The maximum absolute atomic E-state index is 12.7. The third-order valence-corrected chi connectivity index (χ3v) is 4.16. The van der Waals surface area contributed by atoms with Crippen LogP contribution in [0.15, 0.2) is 42.6 Å². The number of nitrogens with zero attached hydrogens (tertiary/aromatic N) is 5. The smallest absolute Gasteiger partial charge is 0.274 e. The highest BCUT2D eigenvalue weighted by Gasteiger charge is 2.29. The van der Waals surface area contributed by atoms with Crippen molar-refractivity contribution < 1.29 is 9.53 Å². The third kappa shape index (κ3) is 3.26. The fraction of sp³-hybridized carbons (Fsp3) is 0.278. The molecule has 1 aliphatic rings. The Morgan fingerprint density at radius 2 is 2.00 bits per heavy atom. The molecule has 2 aromatic heterocycles. The number of hydrogen-bond acceptors (Lipinski definition) is 6. The van der Waals surface area contributed by atoms with Gasteiger partial charge in [-0.1, -0.05) is 12.1 Å². The second-order valence-corrected chi connectivity index (χ2v) is 6.04. The van der Waals surface area contributed by atoms with Gasteiger partial charge in [0, 0.05) is 19.0 Å². The van der Waals surface area contributed by atoms with E-state index in [-0.39, 0.29) is 12.0 Å². The van der Waals surface area contributed by atoms with Crippen LogP contribution in [0.2, 0.25) is 0 Å². The number of ether oxygens (including phenoxy) is 1. The van der Waals surface area contributed by atoms with Gasteiger partial charge in [0.2, 0.25) is 5.88 Å². The molecule has 1 aromatic carbocycles. The Labute approximate surface area is 144 Å². The van der Waals surface area contributed by atoms with Gasteiger partial charge in [0.25, 0.3) is 5.91 Å². The minimum Gasteiger partial charge on any atom is -0.471 e. The molecule has 25 heavy (non-hydrogen) atoms. The molecule has 7 heteroatoms. The summed E-state index contributed by atoms with van der Waals surface area (Å²) in [4.78, 5) is 23.1. The monoisotopic (exact) mass is 335 g/mol. The zero-order chi connectivity index (χ0) is 17.2. The summed E-state index contributed by atoms with van der Waals surface area (Å²) in [6.07, 6.45) is 2.20. The molecule has 1 aliphatic heterocycles. The van der Waals surface area contributed by atoms with Gasteiger partial charge in [0.15, 0.2) is 0 Å². The van der Waals surface area contributed by atoms with Gasteiger partial charge in [0.05, 0.1) is 29.5 Å². The van der Waals surface area contributed by atoms with Crippen LogP contribution in [-0.4, -0.2) is 50.2 Å². The van der Waals surface area contributed by atoms with E-state index in [1.54, 1.807) is 11.0 Å². The average Bonchev–Trinajstić information content (AvgIpc) is 3.11. The van der Waals surface area contributed by atoms with Crippen LogP contribution < -0.4 is 4.74 Å². The van der Waals surface area contributed by atoms with Crippen molar-refractivity contribution in [3.8, 4) is 5.88 Å². The molecule has 0 aliphatic carbocycles. The predicted molar refractivity (Wildman–Crippen MR) is 91.2 cm³/mol. The molecule has 1 amide bonds. The lowest BCUT2D eigenvalue weighted by molar-refractivity contribution is 0.0765. The average molecular weight is 335 g/mol. The van der Waals surface area contributed by atoms with Crippen LogP contribution in [0.4, 0.5) is 0 Å². The second kappa shape index (κ2) is 6.43.